The molecule has 1 aromatic carbocycles. The molecule has 2 aromatic heterocycles. The first kappa shape index (κ1) is 16.6. The Kier molecular flexibility index (Phi) is 4.16. The number of aromatic nitrogens is 3. The van der Waals surface area contributed by atoms with E-state index in [9.17, 15) is 9.00 Å². The summed E-state index contributed by atoms with van der Waals surface area (Å²) in [6.07, 6.45) is 1.76. The second-order valence-electron chi connectivity index (χ2n) is 5.49. The van der Waals surface area contributed by atoms with E-state index in [1.807, 2.05) is 31.2 Å². The summed E-state index contributed by atoms with van der Waals surface area (Å²) >= 11 is 1.16. The summed E-state index contributed by atoms with van der Waals surface area (Å²) < 4.78 is 13.6. The number of carbonyl (C=O) groups is 1. The lowest BCUT2D eigenvalue weighted by Gasteiger charge is -2.12. The van der Waals surface area contributed by atoms with Gasteiger partial charge in [-0.1, -0.05) is 35.6 Å². The topological polar surface area (TPSA) is 102 Å². The van der Waals surface area contributed by atoms with Gasteiger partial charge in [-0.2, -0.15) is 0 Å². The van der Waals surface area contributed by atoms with Crippen molar-refractivity contribution in [1.29, 1.82) is 0 Å². The average molecular weight is 363 g/mol. The Labute approximate surface area is 143 Å². The summed E-state index contributed by atoms with van der Waals surface area (Å²) in [5, 5.41) is 12.5. The molecular formula is C15H17N5O2S2. The first-order valence-electron chi connectivity index (χ1n) is 7.12. The Morgan fingerprint density at radius 2 is 2.08 bits per heavy atom. The van der Waals surface area contributed by atoms with Crippen molar-refractivity contribution >= 4 is 37.8 Å². The Bertz CT molecular complexity index is 971. The van der Waals surface area contributed by atoms with E-state index in [1.165, 1.54) is 6.92 Å². The molecule has 3 aromatic rings. The Balaban J connectivity index is 1.88. The first-order valence-corrected chi connectivity index (χ1v) is 9.73. The number of amides is 1. The molecule has 126 valence electrons. The minimum atomic E-state index is -2.83. The van der Waals surface area contributed by atoms with E-state index < -0.39 is 9.71 Å². The Morgan fingerprint density at radius 3 is 2.62 bits per heavy atom. The van der Waals surface area contributed by atoms with E-state index >= 15 is 0 Å². The van der Waals surface area contributed by atoms with Crippen molar-refractivity contribution < 1.29 is 9.00 Å². The fourth-order valence-electron chi connectivity index (χ4n) is 2.29. The third-order valence-electron chi connectivity index (χ3n) is 3.45. The number of fused-ring (bicyclic) bond motifs is 1. The van der Waals surface area contributed by atoms with Crippen LogP contribution in [0.2, 0.25) is 0 Å². The van der Waals surface area contributed by atoms with Crippen molar-refractivity contribution in [2.45, 2.75) is 24.2 Å². The summed E-state index contributed by atoms with van der Waals surface area (Å²) in [4.78, 5) is 16.2. The predicted octanol–water partition coefficient (Wildman–Crippen LogP) is 1.60. The van der Waals surface area contributed by atoms with Gasteiger partial charge >= 0.3 is 0 Å². The van der Waals surface area contributed by atoms with E-state index in [0.29, 0.717) is 4.96 Å². The number of imidazole rings is 1. The molecule has 9 heteroatoms. The molecule has 3 rings (SSSR count). The fourth-order valence-corrected chi connectivity index (χ4v) is 3.92. The highest BCUT2D eigenvalue weighted by atomic mass is 32.2. The van der Waals surface area contributed by atoms with Crippen LogP contribution in [0.15, 0.2) is 34.8 Å². The van der Waals surface area contributed by atoms with Gasteiger partial charge in [-0.25, -0.2) is 13.7 Å². The molecule has 0 fully saturated rings. The second kappa shape index (κ2) is 6.00. The van der Waals surface area contributed by atoms with Gasteiger partial charge in [0.05, 0.1) is 27.6 Å². The summed E-state index contributed by atoms with van der Waals surface area (Å²) in [6.45, 7) is 3.42. The summed E-state index contributed by atoms with van der Waals surface area (Å²) in [7, 11) is -2.83. The summed E-state index contributed by atoms with van der Waals surface area (Å²) in [6, 6.07) is 7.72. The highest BCUT2D eigenvalue weighted by Crippen LogP contribution is 2.25. The van der Waals surface area contributed by atoms with Crippen molar-refractivity contribution in [3.05, 3.63) is 36.0 Å². The molecule has 7 nitrogen and oxygen atoms in total. The molecule has 1 amide bonds. The van der Waals surface area contributed by atoms with Crippen molar-refractivity contribution in [2.75, 3.05) is 0 Å². The predicted molar refractivity (Wildman–Crippen MR) is 96.2 cm³/mol. The van der Waals surface area contributed by atoms with Crippen LogP contribution in [0.25, 0.3) is 16.2 Å². The zero-order chi connectivity index (χ0) is 17.5. The van der Waals surface area contributed by atoms with Crippen LogP contribution in [0.4, 0.5) is 0 Å². The molecule has 0 saturated heterocycles. The van der Waals surface area contributed by atoms with Gasteiger partial charge in [0, 0.05) is 12.5 Å². The van der Waals surface area contributed by atoms with Crippen molar-refractivity contribution in [2.24, 2.45) is 5.14 Å². The van der Waals surface area contributed by atoms with Gasteiger partial charge < -0.3 is 5.32 Å². The third kappa shape index (κ3) is 3.32. The van der Waals surface area contributed by atoms with Crippen molar-refractivity contribution in [3.63, 3.8) is 0 Å². The van der Waals surface area contributed by atoms with Gasteiger partial charge in [0.1, 0.15) is 0 Å². The van der Waals surface area contributed by atoms with Crippen LogP contribution in [0, 0.1) is 0 Å². The van der Waals surface area contributed by atoms with E-state index in [1.54, 1.807) is 10.7 Å². The summed E-state index contributed by atoms with van der Waals surface area (Å²) in [5.41, 5.74) is 2.69. The zero-order valence-electron chi connectivity index (χ0n) is 13.2. The van der Waals surface area contributed by atoms with E-state index in [-0.39, 0.29) is 16.3 Å². The van der Waals surface area contributed by atoms with Gasteiger partial charge in [-0.3, -0.25) is 9.93 Å². The minimum absolute atomic E-state index is 0.0546. The van der Waals surface area contributed by atoms with Gasteiger partial charge in [-0.15, -0.1) is 5.10 Å². The summed E-state index contributed by atoms with van der Waals surface area (Å²) in [5.74, 6) is 3.36. The lowest BCUT2D eigenvalue weighted by Crippen LogP contribution is -2.23. The molecule has 0 aliphatic rings. The molecule has 0 spiro atoms. The smallest absolute Gasteiger partial charge is 0.217 e. The monoisotopic (exact) mass is 363 g/mol. The second-order valence-corrected chi connectivity index (χ2v) is 8.55. The minimum Gasteiger partial charge on any atom is -0.350 e. The lowest BCUT2D eigenvalue weighted by molar-refractivity contribution is -0.119. The number of nitrogens with zero attached hydrogens (tertiary/aromatic N) is 3. The lowest BCUT2D eigenvalue weighted by atomic mass is 10.0. The maximum atomic E-state index is 11.7. The van der Waals surface area contributed by atoms with Crippen LogP contribution in [0.5, 0.6) is 0 Å². The highest BCUT2D eigenvalue weighted by Gasteiger charge is 2.14. The number of nitrogens with two attached hydrogens (primary N) is 1. The molecule has 0 aliphatic heterocycles. The molecule has 3 N–H and O–H groups in total. The molecule has 2 heterocycles. The number of benzene rings is 1. The molecule has 0 bridgehead atoms. The third-order valence-corrected chi connectivity index (χ3v) is 5.93. The molecular weight excluding hydrogens is 346 g/mol. The molecule has 0 saturated carbocycles. The van der Waals surface area contributed by atoms with Crippen LogP contribution in [0.3, 0.4) is 0 Å². The largest absolute Gasteiger partial charge is 0.350 e. The number of hydrogen-bond donors (Lipinski definition) is 2. The Morgan fingerprint density at radius 1 is 1.42 bits per heavy atom. The number of carbonyl (C=O) groups excluding carboxylic acids is 1. The number of hydrogen-bond acceptors (Lipinski definition) is 5. The van der Waals surface area contributed by atoms with E-state index in [2.05, 4.69) is 21.3 Å². The quantitative estimate of drug-likeness (QED) is 0.687. The van der Waals surface area contributed by atoms with Crippen LogP contribution in [-0.4, -0.2) is 30.6 Å². The molecule has 24 heavy (non-hydrogen) atoms. The van der Waals surface area contributed by atoms with Crippen LogP contribution >= 0.6 is 11.3 Å². The number of nitrogens with one attached hydrogen (secondary N) is 1. The van der Waals surface area contributed by atoms with Gasteiger partial charge in [0.25, 0.3) is 0 Å². The fraction of sp³-hybridized carbons (Fsp3) is 0.200. The van der Waals surface area contributed by atoms with E-state index in [4.69, 9.17) is 5.14 Å². The van der Waals surface area contributed by atoms with Crippen molar-refractivity contribution in [3.8, 4) is 11.3 Å². The normalized spacial score (nSPS) is 15.1. The zero-order valence-corrected chi connectivity index (χ0v) is 14.9. The molecule has 0 aliphatic carbocycles. The molecule has 1 unspecified atom stereocenters. The van der Waals surface area contributed by atoms with Crippen molar-refractivity contribution in [1.82, 2.24) is 19.9 Å². The first-order chi connectivity index (χ1) is 11.2. The van der Waals surface area contributed by atoms with Crippen LogP contribution in [0.1, 0.15) is 25.5 Å². The molecule has 2 atom stereocenters. The van der Waals surface area contributed by atoms with E-state index in [0.717, 1.165) is 28.2 Å². The average Bonchev–Trinajstić information content (AvgIpc) is 3.04. The highest BCUT2D eigenvalue weighted by molar-refractivity contribution is 7.99. The standard InChI is InChI=1S/C15H17N5O2S2/c1-9(17-10(2)21)11-4-6-12(7-5-11)13-8-20-14(18-13)23-15(19-20)24(3,16)22/h4-9H,3H2,1-2H3,(H2,16,22)(H,17,21)/t9-,24?/m0/s1. The van der Waals surface area contributed by atoms with Gasteiger partial charge in [0.2, 0.25) is 15.2 Å². The molecule has 0 radical (unpaired) electrons. The maximum Gasteiger partial charge on any atom is 0.217 e. The van der Waals surface area contributed by atoms with Gasteiger partial charge in [0.15, 0.2) is 0 Å². The van der Waals surface area contributed by atoms with Gasteiger partial charge in [-0.05, 0) is 18.4 Å². The SMILES string of the molecule is C=S(N)(=O)c1nn2cc(-c3ccc([C@H](C)NC(C)=O)cc3)nc2s1. The maximum absolute atomic E-state index is 11.7. The van der Waals surface area contributed by atoms with Crippen LogP contribution in [-0.2, 0) is 14.5 Å². The number of rotatable bonds is 4. The Hall–Kier alpha value is -2.23. The van der Waals surface area contributed by atoms with Crippen LogP contribution < -0.4 is 10.5 Å².